The van der Waals surface area contributed by atoms with Crippen LogP contribution in [0, 0.1) is 0 Å². The molecule has 1 aliphatic heterocycles. The zero-order valence-electron chi connectivity index (χ0n) is 11.5. The van der Waals surface area contributed by atoms with Crippen molar-refractivity contribution < 1.29 is 9.57 Å². The first-order valence-corrected chi connectivity index (χ1v) is 6.86. The number of nitrogens with zero attached hydrogens (tertiary/aromatic N) is 2. The Morgan fingerprint density at radius 3 is 2.60 bits per heavy atom. The van der Waals surface area contributed by atoms with E-state index in [1.165, 1.54) is 0 Å². The lowest BCUT2D eigenvalue weighted by Gasteiger charge is -2.25. The molecule has 0 N–H and O–H groups in total. The minimum absolute atomic E-state index is 0. The van der Waals surface area contributed by atoms with Crippen LogP contribution < -0.4 is 0 Å². The summed E-state index contributed by atoms with van der Waals surface area (Å²) in [7, 11) is 0. The van der Waals surface area contributed by atoms with Crippen molar-refractivity contribution >= 4 is 29.7 Å². The van der Waals surface area contributed by atoms with Gasteiger partial charge in [0.05, 0.1) is 18.9 Å². The van der Waals surface area contributed by atoms with Crippen LogP contribution in [-0.4, -0.2) is 50.1 Å². The Labute approximate surface area is 131 Å². The van der Waals surface area contributed by atoms with Crippen LogP contribution in [0.15, 0.2) is 29.4 Å². The van der Waals surface area contributed by atoms with Gasteiger partial charge in [0, 0.05) is 24.7 Å². The van der Waals surface area contributed by atoms with Gasteiger partial charge in [-0.05, 0) is 24.6 Å². The molecule has 1 saturated heterocycles. The Bertz CT molecular complexity index is 418. The minimum atomic E-state index is 0. The van der Waals surface area contributed by atoms with Crippen molar-refractivity contribution in [2.45, 2.75) is 6.92 Å². The van der Waals surface area contributed by atoms with Crippen molar-refractivity contribution in [1.29, 1.82) is 0 Å². The highest BCUT2D eigenvalue weighted by molar-refractivity contribution is 6.30. The smallest absolute Gasteiger partial charge is 0.129 e. The average molecular weight is 319 g/mol. The van der Waals surface area contributed by atoms with Crippen LogP contribution in [0.2, 0.25) is 5.02 Å². The van der Waals surface area contributed by atoms with Crippen molar-refractivity contribution in [2.75, 3.05) is 39.5 Å². The molecule has 0 spiro atoms. The second-order valence-electron chi connectivity index (χ2n) is 4.47. The Kier molecular flexibility index (Phi) is 7.92. The molecule has 1 aromatic carbocycles. The van der Waals surface area contributed by atoms with Crippen molar-refractivity contribution in [3.05, 3.63) is 34.9 Å². The van der Waals surface area contributed by atoms with Crippen LogP contribution in [0.3, 0.4) is 0 Å². The van der Waals surface area contributed by atoms with Gasteiger partial charge < -0.3 is 9.57 Å². The van der Waals surface area contributed by atoms with Gasteiger partial charge in [-0.1, -0.05) is 28.9 Å². The van der Waals surface area contributed by atoms with E-state index in [-0.39, 0.29) is 12.4 Å². The van der Waals surface area contributed by atoms with Crippen LogP contribution >= 0.6 is 24.0 Å². The number of halogens is 2. The average Bonchev–Trinajstić information content (AvgIpc) is 2.45. The molecule has 0 amide bonds. The third-order valence-corrected chi connectivity index (χ3v) is 3.32. The van der Waals surface area contributed by atoms with Crippen LogP contribution in [-0.2, 0) is 9.57 Å². The SMILES string of the molecule is C/C(=N/OCCN1CCOCC1)c1ccc(Cl)cc1.Cl. The fourth-order valence-corrected chi connectivity index (χ4v) is 2.01. The lowest BCUT2D eigenvalue weighted by atomic mass is 10.1. The van der Waals surface area contributed by atoms with Gasteiger partial charge in [-0.3, -0.25) is 4.90 Å². The third kappa shape index (κ3) is 5.67. The first-order chi connectivity index (χ1) is 9.25. The summed E-state index contributed by atoms with van der Waals surface area (Å²) in [4.78, 5) is 7.67. The molecule has 1 heterocycles. The molecule has 0 aliphatic carbocycles. The first-order valence-electron chi connectivity index (χ1n) is 6.48. The Morgan fingerprint density at radius 1 is 1.30 bits per heavy atom. The number of rotatable bonds is 5. The molecule has 1 aliphatic rings. The second kappa shape index (κ2) is 9.19. The van der Waals surface area contributed by atoms with E-state index in [1.54, 1.807) is 0 Å². The number of oxime groups is 1. The molecule has 0 aromatic heterocycles. The molecule has 4 nitrogen and oxygen atoms in total. The van der Waals surface area contributed by atoms with E-state index >= 15 is 0 Å². The highest BCUT2D eigenvalue weighted by atomic mass is 35.5. The molecule has 112 valence electrons. The van der Waals surface area contributed by atoms with Gasteiger partial charge in [0.1, 0.15) is 6.61 Å². The molecule has 1 fully saturated rings. The van der Waals surface area contributed by atoms with Crippen LogP contribution in [0.5, 0.6) is 0 Å². The van der Waals surface area contributed by atoms with Crippen molar-refractivity contribution in [3.8, 4) is 0 Å². The normalized spacial score (nSPS) is 16.6. The van der Waals surface area contributed by atoms with E-state index in [9.17, 15) is 0 Å². The quantitative estimate of drug-likeness (QED) is 0.475. The van der Waals surface area contributed by atoms with E-state index in [0.29, 0.717) is 6.61 Å². The molecular weight excluding hydrogens is 299 g/mol. The number of ether oxygens (including phenoxy) is 1. The zero-order valence-corrected chi connectivity index (χ0v) is 13.1. The summed E-state index contributed by atoms with van der Waals surface area (Å²) < 4.78 is 5.29. The molecule has 20 heavy (non-hydrogen) atoms. The van der Waals surface area contributed by atoms with Crippen molar-refractivity contribution in [1.82, 2.24) is 4.90 Å². The maximum Gasteiger partial charge on any atom is 0.129 e. The Hall–Kier alpha value is -0.810. The van der Waals surface area contributed by atoms with Crippen LogP contribution in [0.25, 0.3) is 0 Å². The Balaban J connectivity index is 0.00000200. The van der Waals surface area contributed by atoms with Gasteiger partial charge in [0.15, 0.2) is 0 Å². The highest BCUT2D eigenvalue weighted by Crippen LogP contribution is 2.10. The van der Waals surface area contributed by atoms with Gasteiger partial charge in [0.2, 0.25) is 0 Å². The van der Waals surface area contributed by atoms with E-state index in [4.69, 9.17) is 21.2 Å². The fraction of sp³-hybridized carbons (Fsp3) is 0.500. The van der Waals surface area contributed by atoms with Crippen LogP contribution in [0.1, 0.15) is 12.5 Å². The van der Waals surface area contributed by atoms with E-state index in [1.807, 2.05) is 31.2 Å². The largest absolute Gasteiger partial charge is 0.394 e. The second-order valence-corrected chi connectivity index (χ2v) is 4.91. The molecule has 0 bridgehead atoms. The lowest BCUT2D eigenvalue weighted by Crippen LogP contribution is -2.38. The topological polar surface area (TPSA) is 34.1 Å². The summed E-state index contributed by atoms with van der Waals surface area (Å²) in [5.41, 5.74) is 1.88. The molecule has 0 saturated carbocycles. The van der Waals surface area contributed by atoms with Gasteiger partial charge in [-0.25, -0.2) is 0 Å². The number of morpholine rings is 1. The predicted molar refractivity (Wildman–Crippen MR) is 84.1 cm³/mol. The van der Waals surface area contributed by atoms with Gasteiger partial charge in [-0.2, -0.15) is 0 Å². The molecule has 2 rings (SSSR count). The standard InChI is InChI=1S/C14H19ClN2O2.ClH/c1-12(13-2-4-14(15)5-3-13)16-19-11-8-17-6-9-18-10-7-17;/h2-5H,6-11H2,1H3;1H/b16-12-;. The first kappa shape index (κ1) is 17.2. The highest BCUT2D eigenvalue weighted by Gasteiger charge is 2.09. The minimum Gasteiger partial charge on any atom is -0.394 e. The molecule has 0 atom stereocenters. The number of hydrogen-bond acceptors (Lipinski definition) is 4. The lowest BCUT2D eigenvalue weighted by molar-refractivity contribution is 0.0212. The van der Waals surface area contributed by atoms with E-state index in [2.05, 4.69) is 10.1 Å². The van der Waals surface area contributed by atoms with Gasteiger partial charge >= 0.3 is 0 Å². The van der Waals surface area contributed by atoms with Gasteiger partial charge in [0.25, 0.3) is 0 Å². The van der Waals surface area contributed by atoms with Crippen LogP contribution in [0.4, 0.5) is 0 Å². The van der Waals surface area contributed by atoms with Crippen molar-refractivity contribution in [2.24, 2.45) is 5.16 Å². The maximum absolute atomic E-state index is 5.84. The van der Waals surface area contributed by atoms with E-state index in [0.717, 1.165) is 49.1 Å². The Morgan fingerprint density at radius 2 is 1.95 bits per heavy atom. The summed E-state index contributed by atoms with van der Waals surface area (Å²) in [6, 6.07) is 7.58. The number of hydrogen-bond donors (Lipinski definition) is 0. The zero-order chi connectivity index (χ0) is 13.5. The summed E-state index contributed by atoms with van der Waals surface area (Å²) in [5, 5.41) is 4.85. The number of benzene rings is 1. The molecule has 0 unspecified atom stereocenters. The fourth-order valence-electron chi connectivity index (χ4n) is 1.88. The molecule has 6 heteroatoms. The predicted octanol–water partition coefficient (Wildman–Crippen LogP) is 2.83. The summed E-state index contributed by atoms with van der Waals surface area (Å²) >= 11 is 5.84. The summed E-state index contributed by atoms with van der Waals surface area (Å²) in [5.74, 6) is 0. The summed E-state index contributed by atoms with van der Waals surface area (Å²) in [6.07, 6.45) is 0. The van der Waals surface area contributed by atoms with Crippen molar-refractivity contribution in [3.63, 3.8) is 0 Å². The molecule has 1 aromatic rings. The molecular formula is C14H20Cl2N2O2. The van der Waals surface area contributed by atoms with Gasteiger partial charge in [-0.15, -0.1) is 12.4 Å². The monoisotopic (exact) mass is 318 g/mol. The molecule has 0 radical (unpaired) electrons. The summed E-state index contributed by atoms with van der Waals surface area (Å²) in [6.45, 7) is 7.00. The van der Waals surface area contributed by atoms with E-state index < -0.39 is 0 Å². The third-order valence-electron chi connectivity index (χ3n) is 3.07. The maximum atomic E-state index is 5.84.